The molecule has 4 N–H and O–H groups in total. The van der Waals surface area contributed by atoms with E-state index in [0.717, 1.165) is 6.54 Å². The first kappa shape index (κ1) is 12.2. The SMILES string of the molecule is CCNc1cc(NC(C)(C)C(N)=O)ncn1. The van der Waals surface area contributed by atoms with Gasteiger partial charge in [0, 0.05) is 12.6 Å². The van der Waals surface area contributed by atoms with Gasteiger partial charge in [0.25, 0.3) is 0 Å². The van der Waals surface area contributed by atoms with Gasteiger partial charge in [-0.2, -0.15) is 0 Å². The number of hydrogen-bond acceptors (Lipinski definition) is 5. The number of amides is 1. The molecule has 0 aliphatic rings. The monoisotopic (exact) mass is 223 g/mol. The van der Waals surface area contributed by atoms with E-state index in [1.807, 2.05) is 6.92 Å². The van der Waals surface area contributed by atoms with Crippen molar-refractivity contribution in [3.63, 3.8) is 0 Å². The maximum atomic E-state index is 11.1. The molecule has 6 heteroatoms. The maximum absolute atomic E-state index is 11.1. The van der Waals surface area contributed by atoms with E-state index in [4.69, 9.17) is 5.73 Å². The molecule has 0 radical (unpaired) electrons. The van der Waals surface area contributed by atoms with Crippen LogP contribution in [0.4, 0.5) is 11.6 Å². The normalized spacial score (nSPS) is 10.9. The molecule has 0 bridgehead atoms. The van der Waals surface area contributed by atoms with Crippen molar-refractivity contribution in [2.45, 2.75) is 26.3 Å². The number of hydrogen-bond donors (Lipinski definition) is 3. The van der Waals surface area contributed by atoms with Crippen LogP contribution in [0.3, 0.4) is 0 Å². The molecule has 16 heavy (non-hydrogen) atoms. The molecule has 0 spiro atoms. The van der Waals surface area contributed by atoms with E-state index in [2.05, 4.69) is 20.6 Å². The third-order valence-corrected chi connectivity index (χ3v) is 2.08. The zero-order valence-corrected chi connectivity index (χ0v) is 9.74. The lowest BCUT2D eigenvalue weighted by Gasteiger charge is -2.22. The van der Waals surface area contributed by atoms with Crippen molar-refractivity contribution in [3.05, 3.63) is 12.4 Å². The summed E-state index contributed by atoms with van der Waals surface area (Å²) in [5, 5.41) is 6.01. The van der Waals surface area contributed by atoms with Gasteiger partial charge in [-0.25, -0.2) is 9.97 Å². The summed E-state index contributed by atoms with van der Waals surface area (Å²) in [5.41, 5.74) is 4.42. The van der Waals surface area contributed by atoms with Crippen LogP contribution in [0.5, 0.6) is 0 Å². The smallest absolute Gasteiger partial charge is 0.242 e. The Labute approximate surface area is 94.7 Å². The number of primary amides is 1. The number of nitrogens with one attached hydrogen (secondary N) is 2. The molecule has 0 fully saturated rings. The summed E-state index contributed by atoms with van der Waals surface area (Å²) in [6.07, 6.45) is 1.43. The summed E-state index contributed by atoms with van der Waals surface area (Å²) >= 11 is 0. The number of nitrogens with two attached hydrogens (primary N) is 1. The predicted molar refractivity (Wildman–Crippen MR) is 63.1 cm³/mol. The zero-order valence-electron chi connectivity index (χ0n) is 9.74. The highest BCUT2D eigenvalue weighted by Crippen LogP contribution is 2.14. The third-order valence-electron chi connectivity index (χ3n) is 2.08. The fraction of sp³-hybridized carbons (Fsp3) is 0.500. The van der Waals surface area contributed by atoms with Gasteiger partial charge in [-0.15, -0.1) is 0 Å². The Bertz CT molecular complexity index is 377. The fourth-order valence-corrected chi connectivity index (χ4v) is 1.09. The second-order valence-electron chi connectivity index (χ2n) is 3.93. The number of aromatic nitrogens is 2. The molecule has 88 valence electrons. The standard InChI is InChI=1S/C10H17N5O/c1-4-12-7-5-8(14-6-13-7)15-10(2,3)9(11)16/h5-6H,4H2,1-3H3,(H2,11,16)(H2,12,13,14,15). The topological polar surface area (TPSA) is 92.9 Å². The van der Waals surface area contributed by atoms with Gasteiger partial charge in [0.05, 0.1) is 0 Å². The number of anilines is 2. The van der Waals surface area contributed by atoms with Gasteiger partial charge in [0.2, 0.25) is 5.91 Å². The minimum atomic E-state index is -0.835. The molecule has 0 aliphatic heterocycles. The van der Waals surface area contributed by atoms with Gasteiger partial charge in [-0.1, -0.05) is 0 Å². The second-order valence-corrected chi connectivity index (χ2v) is 3.93. The average molecular weight is 223 g/mol. The minimum absolute atomic E-state index is 0.434. The highest BCUT2D eigenvalue weighted by molar-refractivity contribution is 5.86. The van der Waals surface area contributed by atoms with Crippen LogP contribution in [0.15, 0.2) is 12.4 Å². The van der Waals surface area contributed by atoms with Crippen LogP contribution in [-0.2, 0) is 4.79 Å². The van der Waals surface area contributed by atoms with Gasteiger partial charge < -0.3 is 16.4 Å². The average Bonchev–Trinajstić information content (AvgIpc) is 2.17. The van der Waals surface area contributed by atoms with Crippen molar-refractivity contribution in [2.75, 3.05) is 17.2 Å². The number of carbonyl (C=O) groups excluding carboxylic acids is 1. The molecular weight excluding hydrogens is 206 g/mol. The molecule has 0 aromatic carbocycles. The van der Waals surface area contributed by atoms with E-state index in [9.17, 15) is 4.79 Å². The van der Waals surface area contributed by atoms with Crippen LogP contribution >= 0.6 is 0 Å². The van der Waals surface area contributed by atoms with Crippen LogP contribution in [-0.4, -0.2) is 28.0 Å². The summed E-state index contributed by atoms with van der Waals surface area (Å²) in [4.78, 5) is 19.2. The Balaban J connectivity index is 2.81. The number of rotatable bonds is 5. The van der Waals surface area contributed by atoms with E-state index in [-0.39, 0.29) is 0 Å². The van der Waals surface area contributed by atoms with Crippen LogP contribution in [0.25, 0.3) is 0 Å². The molecular formula is C10H17N5O. The maximum Gasteiger partial charge on any atom is 0.242 e. The molecule has 1 aromatic heterocycles. The van der Waals surface area contributed by atoms with Gasteiger partial charge in [0.15, 0.2) is 0 Å². The highest BCUT2D eigenvalue weighted by Gasteiger charge is 2.24. The van der Waals surface area contributed by atoms with Crippen molar-refractivity contribution >= 4 is 17.5 Å². The lowest BCUT2D eigenvalue weighted by molar-refractivity contribution is -0.121. The summed E-state index contributed by atoms with van der Waals surface area (Å²) in [7, 11) is 0. The van der Waals surface area contributed by atoms with E-state index in [0.29, 0.717) is 11.6 Å². The molecule has 1 amide bonds. The van der Waals surface area contributed by atoms with Gasteiger partial charge in [-0.3, -0.25) is 4.79 Å². The quantitative estimate of drug-likeness (QED) is 0.679. The fourth-order valence-electron chi connectivity index (χ4n) is 1.09. The highest BCUT2D eigenvalue weighted by atomic mass is 16.1. The molecule has 0 unspecified atom stereocenters. The van der Waals surface area contributed by atoms with Gasteiger partial charge in [0.1, 0.15) is 23.5 Å². The zero-order chi connectivity index (χ0) is 12.2. The van der Waals surface area contributed by atoms with Crippen molar-refractivity contribution in [1.82, 2.24) is 9.97 Å². The molecule has 1 rings (SSSR count). The molecule has 1 aromatic rings. The first-order valence-electron chi connectivity index (χ1n) is 5.09. The van der Waals surface area contributed by atoms with Gasteiger partial charge >= 0.3 is 0 Å². The molecule has 1 heterocycles. The summed E-state index contributed by atoms with van der Waals surface area (Å²) in [6.45, 7) is 6.15. The molecule has 0 atom stereocenters. The van der Waals surface area contributed by atoms with Crippen LogP contribution in [0.2, 0.25) is 0 Å². The Morgan fingerprint density at radius 2 is 2.06 bits per heavy atom. The van der Waals surface area contributed by atoms with Crippen LogP contribution in [0.1, 0.15) is 20.8 Å². The van der Waals surface area contributed by atoms with E-state index in [1.54, 1.807) is 19.9 Å². The summed E-state index contributed by atoms with van der Waals surface area (Å²) in [6, 6.07) is 1.73. The van der Waals surface area contributed by atoms with E-state index in [1.165, 1.54) is 6.33 Å². The third kappa shape index (κ3) is 3.08. The number of carbonyl (C=O) groups is 1. The van der Waals surface area contributed by atoms with Crippen LogP contribution in [0, 0.1) is 0 Å². The first-order chi connectivity index (χ1) is 7.45. The molecule has 0 aliphatic carbocycles. The minimum Gasteiger partial charge on any atom is -0.370 e. The van der Waals surface area contributed by atoms with E-state index < -0.39 is 11.4 Å². The van der Waals surface area contributed by atoms with Crippen molar-refractivity contribution < 1.29 is 4.79 Å². The Morgan fingerprint density at radius 3 is 2.62 bits per heavy atom. The predicted octanol–water partition coefficient (Wildman–Crippen LogP) is 0.584. The Morgan fingerprint density at radius 1 is 1.44 bits per heavy atom. The Kier molecular flexibility index (Phi) is 3.65. The molecule has 0 saturated heterocycles. The molecule has 0 saturated carbocycles. The summed E-state index contributed by atoms with van der Waals surface area (Å²) in [5.74, 6) is 0.839. The number of nitrogens with zero attached hydrogens (tertiary/aromatic N) is 2. The lowest BCUT2D eigenvalue weighted by Crippen LogP contribution is -2.45. The first-order valence-corrected chi connectivity index (χ1v) is 5.09. The van der Waals surface area contributed by atoms with Crippen LogP contribution < -0.4 is 16.4 Å². The Hall–Kier alpha value is -1.85. The van der Waals surface area contributed by atoms with Crippen molar-refractivity contribution in [3.8, 4) is 0 Å². The van der Waals surface area contributed by atoms with Crippen molar-refractivity contribution in [2.24, 2.45) is 5.73 Å². The van der Waals surface area contributed by atoms with Crippen molar-refractivity contribution in [1.29, 1.82) is 0 Å². The molecule has 6 nitrogen and oxygen atoms in total. The summed E-state index contributed by atoms with van der Waals surface area (Å²) < 4.78 is 0. The van der Waals surface area contributed by atoms with E-state index >= 15 is 0 Å². The largest absolute Gasteiger partial charge is 0.370 e. The van der Waals surface area contributed by atoms with Gasteiger partial charge in [-0.05, 0) is 20.8 Å². The second kappa shape index (κ2) is 4.78. The lowest BCUT2D eigenvalue weighted by atomic mass is 10.1.